The van der Waals surface area contributed by atoms with Crippen LogP contribution in [0.5, 0.6) is 5.75 Å². The van der Waals surface area contributed by atoms with Crippen LogP contribution in [0.25, 0.3) is 0 Å². The topological polar surface area (TPSA) is 77.2 Å². The maximum Gasteiger partial charge on any atom is 0.358 e. The van der Waals surface area contributed by atoms with Gasteiger partial charge in [-0.2, -0.15) is 0 Å². The lowest BCUT2D eigenvalue weighted by molar-refractivity contribution is 0.0690. The van der Waals surface area contributed by atoms with E-state index in [0.29, 0.717) is 6.54 Å². The summed E-state index contributed by atoms with van der Waals surface area (Å²) < 4.78 is 7.24. The number of aromatic carboxylic acids is 1. The monoisotopic (exact) mass is 245 g/mol. The van der Waals surface area contributed by atoms with Gasteiger partial charge < -0.3 is 9.84 Å². The Balaban J connectivity index is 1.70. The Hall–Kier alpha value is -2.37. The van der Waals surface area contributed by atoms with Crippen molar-refractivity contribution >= 4 is 5.97 Å². The Kier molecular flexibility index (Phi) is 2.47. The van der Waals surface area contributed by atoms with Gasteiger partial charge in [-0.25, -0.2) is 9.48 Å². The van der Waals surface area contributed by atoms with Gasteiger partial charge in [0.2, 0.25) is 0 Å². The zero-order valence-electron chi connectivity index (χ0n) is 9.48. The van der Waals surface area contributed by atoms with Gasteiger partial charge in [-0.3, -0.25) is 0 Å². The van der Waals surface area contributed by atoms with Crippen molar-refractivity contribution in [1.29, 1.82) is 0 Å². The number of hydrogen-bond acceptors (Lipinski definition) is 4. The van der Waals surface area contributed by atoms with Crippen LogP contribution in [0.4, 0.5) is 0 Å². The molecule has 18 heavy (non-hydrogen) atoms. The summed E-state index contributed by atoms with van der Waals surface area (Å²) in [6.07, 6.45) is 2.19. The maximum absolute atomic E-state index is 10.7. The number of ether oxygens (including phenoxy) is 1. The van der Waals surface area contributed by atoms with Gasteiger partial charge in [-0.1, -0.05) is 23.4 Å². The number of carboxylic acid groups (broad SMARTS) is 1. The number of hydrogen-bond donors (Lipinski definition) is 1. The van der Waals surface area contributed by atoms with Crippen LogP contribution in [0.1, 0.15) is 16.1 Å². The molecule has 6 heteroatoms. The zero-order valence-corrected chi connectivity index (χ0v) is 9.48. The molecule has 0 fully saturated rings. The minimum atomic E-state index is -1.07. The van der Waals surface area contributed by atoms with E-state index >= 15 is 0 Å². The minimum absolute atomic E-state index is 0.0225. The third-order valence-electron chi connectivity index (χ3n) is 2.86. The summed E-state index contributed by atoms with van der Waals surface area (Å²) in [6, 6.07) is 7.86. The summed E-state index contributed by atoms with van der Waals surface area (Å²) in [5, 5.41) is 16.1. The fourth-order valence-electron chi connectivity index (χ4n) is 2.05. The molecule has 3 rings (SSSR count). The van der Waals surface area contributed by atoms with E-state index < -0.39 is 5.97 Å². The number of carbonyl (C=O) groups is 1. The first-order chi connectivity index (χ1) is 8.72. The third kappa shape index (κ3) is 1.92. The van der Waals surface area contributed by atoms with Gasteiger partial charge in [0.1, 0.15) is 11.9 Å². The number of nitrogens with zero attached hydrogens (tertiary/aromatic N) is 3. The van der Waals surface area contributed by atoms with Gasteiger partial charge in [0.05, 0.1) is 12.7 Å². The largest absolute Gasteiger partial charge is 0.488 e. The molecule has 0 saturated carbocycles. The maximum atomic E-state index is 10.7. The highest BCUT2D eigenvalue weighted by Gasteiger charge is 2.23. The van der Waals surface area contributed by atoms with E-state index in [2.05, 4.69) is 10.3 Å². The molecule has 0 spiro atoms. The van der Waals surface area contributed by atoms with Crippen molar-refractivity contribution in [2.75, 3.05) is 0 Å². The molecule has 1 N–H and O–H groups in total. The van der Waals surface area contributed by atoms with Crippen LogP contribution in [0.15, 0.2) is 30.5 Å². The Morgan fingerprint density at radius 3 is 3.06 bits per heavy atom. The second kappa shape index (κ2) is 4.14. The minimum Gasteiger partial charge on any atom is -0.488 e. The SMILES string of the molecule is O=C(O)c1cn(CC2Cc3ccccc3O2)nn1. The normalized spacial score (nSPS) is 17.2. The second-order valence-corrected chi connectivity index (χ2v) is 4.18. The van der Waals surface area contributed by atoms with Gasteiger partial charge in [0, 0.05) is 6.42 Å². The van der Waals surface area contributed by atoms with Crippen LogP contribution >= 0.6 is 0 Å². The summed E-state index contributed by atoms with van der Waals surface area (Å²) in [5.74, 6) is -0.182. The fourth-order valence-corrected chi connectivity index (χ4v) is 2.05. The molecule has 0 amide bonds. The molecule has 0 aliphatic carbocycles. The van der Waals surface area contributed by atoms with E-state index in [0.717, 1.165) is 12.2 Å². The summed E-state index contributed by atoms with van der Waals surface area (Å²) >= 11 is 0. The van der Waals surface area contributed by atoms with Crippen LogP contribution in [-0.4, -0.2) is 32.2 Å². The zero-order chi connectivity index (χ0) is 12.5. The Labute approximate surface area is 103 Å². The van der Waals surface area contributed by atoms with Crippen LogP contribution in [0.2, 0.25) is 0 Å². The van der Waals surface area contributed by atoms with E-state index in [-0.39, 0.29) is 11.8 Å². The fraction of sp³-hybridized carbons (Fsp3) is 0.250. The second-order valence-electron chi connectivity index (χ2n) is 4.18. The molecular formula is C12H11N3O3. The number of benzene rings is 1. The Morgan fingerprint density at radius 1 is 1.50 bits per heavy atom. The van der Waals surface area contributed by atoms with Crippen molar-refractivity contribution < 1.29 is 14.6 Å². The smallest absolute Gasteiger partial charge is 0.358 e. The lowest BCUT2D eigenvalue weighted by atomic mass is 10.1. The first kappa shape index (κ1) is 10.8. The molecule has 2 aromatic rings. The standard InChI is InChI=1S/C12H11N3O3/c16-12(17)10-7-15(14-13-10)6-9-5-8-3-1-2-4-11(8)18-9/h1-4,7,9H,5-6H2,(H,16,17). The molecular weight excluding hydrogens is 234 g/mol. The molecule has 1 aliphatic rings. The quantitative estimate of drug-likeness (QED) is 0.872. The van der Waals surface area contributed by atoms with Crippen LogP contribution in [0.3, 0.4) is 0 Å². The molecule has 1 aromatic heterocycles. The highest BCUT2D eigenvalue weighted by Crippen LogP contribution is 2.28. The van der Waals surface area contributed by atoms with E-state index in [1.165, 1.54) is 16.4 Å². The Bertz CT molecular complexity index is 569. The first-order valence-corrected chi connectivity index (χ1v) is 5.60. The Morgan fingerprint density at radius 2 is 2.33 bits per heavy atom. The van der Waals surface area contributed by atoms with E-state index in [4.69, 9.17) is 9.84 Å². The van der Waals surface area contributed by atoms with Crippen molar-refractivity contribution in [2.24, 2.45) is 0 Å². The number of rotatable bonds is 3. The molecule has 2 heterocycles. The van der Waals surface area contributed by atoms with Crippen molar-refractivity contribution in [3.05, 3.63) is 41.7 Å². The highest BCUT2D eigenvalue weighted by atomic mass is 16.5. The van der Waals surface area contributed by atoms with Crippen molar-refractivity contribution in [3.8, 4) is 5.75 Å². The van der Waals surface area contributed by atoms with Crippen LogP contribution < -0.4 is 4.74 Å². The molecule has 1 aliphatic heterocycles. The van der Waals surface area contributed by atoms with E-state index in [1.54, 1.807) is 0 Å². The number of carboxylic acids is 1. The highest BCUT2D eigenvalue weighted by molar-refractivity contribution is 5.84. The average molecular weight is 245 g/mol. The average Bonchev–Trinajstić information content (AvgIpc) is 2.94. The summed E-state index contributed by atoms with van der Waals surface area (Å²) in [7, 11) is 0. The molecule has 1 unspecified atom stereocenters. The van der Waals surface area contributed by atoms with Crippen molar-refractivity contribution in [2.45, 2.75) is 19.1 Å². The predicted octanol–water partition coefficient (Wildman–Crippen LogP) is 0.980. The van der Waals surface area contributed by atoms with Gasteiger partial charge >= 0.3 is 5.97 Å². The molecule has 0 radical (unpaired) electrons. The van der Waals surface area contributed by atoms with Crippen LogP contribution in [-0.2, 0) is 13.0 Å². The van der Waals surface area contributed by atoms with E-state index in [1.807, 2.05) is 24.3 Å². The van der Waals surface area contributed by atoms with Crippen LogP contribution in [0, 0.1) is 0 Å². The molecule has 0 saturated heterocycles. The molecule has 92 valence electrons. The van der Waals surface area contributed by atoms with E-state index in [9.17, 15) is 4.79 Å². The first-order valence-electron chi connectivity index (χ1n) is 5.60. The van der Waals surface area contributed by atoms with Gasteiger partial charge in [0.15, 0.2) is 5.69 Å². The van der Waals surface area contributed by atoms with Gasteiger partial charge in [-0.15, -0.1) is 5.10 Å². The van der Waals surface area contributed by atoms with Crippen molar-refractivity contribution in [3.63, 3.8) is 0 Å². The molecule has 1 aromatic carbocycles. The lowest BCUT2D eigenvalue weighted by Gasteiger charge is -2.09. The lowest BCUT2D eigenvalue weighted by Crippen LogP contribution is -2.21. The molecule has 0 bridgehead atoms. The summed E-state index contributed by atoms with van der Waals surface area (Å²) in [4.78, 5) is 10.7. The number of aromatic nitrogens is 3. The molecule has 6 nitrogen and oxygen atoms in total. The predicted molar refractivity (Wildman–Crippen MR) is 61.5 cm³/mol. The number of fused-ring (bicyclic) bond motifs is 1. The summed E-state index contributed by atoms with van der Waals surface area (Å²) in [5.41, 5.74) is 1.12. The summed E-state index contributed by atoms with van der Waals surface area (Å²) in [6.45, 7) is 0.495. The number of para-hydroxylation sites is 1. The van der Waals surface area contributed by atoms with Gasteiger partial charge in [0.25, 0.3) is 0 Å². The van der Waals surface area contributed by atoms with Gasteiger partial charge in [-0.05, 0) is 11.6 Å². The molecule has 1 atom stereocenters. The van der Waals surface area contributed by atoms with Crippen molar-refractivity contribution in [1.82, 2.24) is 15.0 Å². The third-order valence-corrected chi connectivity index (χ3v) is 2.86.